The molecule has 3 nitrogen and oxygen atoms in total. The predicted molar refractivity (Wildman–Crippen MR) is 70.2 cm³/mol. The number of aryl methyl sites for hydroxylation is 1. The van der Waals surface area contributed by atoms with E-state index in [1.165, 1.54) is 11.1 Å². The van der Waals surface area contributed by atoms with Crippen LogP contribution in [0.2, 0.25) is 0 Å². The van der Waals surface area contributed by atoms with Gasteiger partial charge in [-0.15, -0.1) is 0 Å². The quantitative estimate of drug-likeness (QED) is 0.688. The normalized spacial score (nSPS) is 11.8. The topological polar surface area (TPSA) is 41.6 Å². The van der Waals surface area contributed by atoms with E-state index < -0.39 is 0 Å². The smallest absolute Gasteiger partial charge is 0.126 e. The molecule has 1 aromatic carbocycles. The second kappa shape index (κ2) is 3.55. The van der Waals surface area contributed by atoms with Crippen LogP contribution < -0.4 is 0 Å². The molecule has 0 radical (unpaired) electrons. The molecule has 3 aromatic rings. The van der Waals surface area contributed by atoms with Crippen LogP contribution in [0.25, 0.3) is 21.8 Å². The van der Waals surface area contributed by atoms with Crippen LogP contribution in [0.15, 0.2) is 24.4 Å². The maximum Gasteiger partial charge on any atom is 0.126 e. The fourth-order valence-electron chi connectivity index (χ4n) is 2.16. The first-order valence-electron chi connectivity index (χ1n) is 5.90. The predicted octanol–water partition coefficient (Wildman–Crippen LogP) is 3.54. The van der Waals surface area contributed by atoms with E-state index >= 15 is 0 Å². The Bertz CT molecular complexity index is 695. The van der Waals surface area contributed by atoms with E-state index in [9.17, 15) is 0 Å². The van der Waals surface area contributed by atoms with Gasteiger partial charge in [-0.2, -0.15) is 0 Å². The van der Waals surface area contributed by atoms with Crippen LogP contribution in [0.4, 0.5) is 0 Å². The van der Waals surface area contributed by atoms with E-state index in [1.807, 2.05) is 19.2 Å². The lowest BCUT2D eigenvalue weighted by molar-refractivity contribution is 0.826. The average molecular weight is 225 g/mol. The van der Waals surface area contributed by atoms with Crippen LogP contribution in [0, 0.1) is 6.92 Å². The minimum atomic E-state index is 0.502. The summed E-state index contributed by atoms with van der Waals surface area (Å²) in [5.41, 5.74) is 3.21. The van der Waals surface area contributed by atoms with E-state index in [2.05, 4.69) is 40.9 Å². The minimum Gasteiger partial charge on any atom is -0.364 e. The zero-order chi connectivity index (χ0) is 12.0. The highest BCUT2D eigenvalue weighted by molar-refractivity contribution is 6.03. The van der Waals surface area contributed by atoms with Crippen LogP contribution in [-0.2, 0) is 0 Å². The molecule has 2 aromatic heterocycles. The molecule has 3 heteroatoms. The molecule has 0 aliphatic heterocycles. The zero-order valence-corrected chi connectivity index (χ0v) is 10.3. The summed E-state index contributed by atoms with van der Waals surface area (Å²) in [5.74, 6) is 1.34. The highest BCUT2D eigenvalue weighted by Crippen LogP contribution is 2.25. The molecule has 86 valence electrons. The molecule has 0 aliphatic carbocycles. The van der Waals surface area contributed by atoms with Crippen molar-refractivity contribution in [2.75, 3.05) is 0 Å². The number of nitrogens with one attached hydrogen (secondary N) is 1. The Balaban J connectivity index is 2.36. The van der Waals surface area contributed by atoms with Crippen molar-refractivity contribution in [2.24, 2.45) is 0 Å². The third kappa shape index (κ3) is 1.58. The van der Waals surface area contributed by atoms with Gasteiger partial charge >= 0.3 is 0 Å². The van der Waals surface area contributed by atoms with Crippen LogP contribution in [-0.4, -0.2) is 15.0 Å². The van der Waals surface area contributed by atoms with E-state index in [-0.39, 0.29) is 0 Å². The lowest BCUT2D eigenvalue weighted by atomic mass is 10.1. The SMILES string of the molecule is Cc1nc2ccc3cc(C(C)C)[nH]cc3c2n1. The summed E-state index contributed by atoms with van der Waals surface area (Å²) in [7, 11) is 0. The molecule has 0 saturated carbocycles. The van der Waals surface area contributed by atoms with Gasteiger partial charge in [0.2, 0.25) is 0 Å². The highest BCUT2D eigenvalue weighted by Gasteiger charge is 2.07. The Morgan fingerprint density at radius 2 is 2.00 bits per heavy atom. The van der Waals surface area contributed by atoms with Crippen molar-refractivity contribution in [1.29, 1.82) is 0 Å². The van der Waals surface area contributed by atoms with Crippen molar-refractivity contribution >= 4 is 21.8 Å². The summed E-state index contributed by atoms with van der Waals surface area (Å²) >= 11 is 0. The van der Waals surface area contributed by atoms with Gasteiger partial charge in [-0.25, -0.2) is 9.97 Å². The Hall–Kier alpha value is -1.90. The number of imidazole rings is 1. The van der Waals surface area contributed by atoms with Gasteiger partial charge in [0.1, 0.15) is 11.3 Å². The molecule has 1 N–H and O–H groups in total. The first kappa shape index (κ1) is 10.3. The first-order chi connectivity index (χ1) is 8.15. The van der Waals surface area contributed by atoms with E-state index in [1.54, 1.807) is 0 Å². The van der Waals surface area contributed by atoms with Gasteiger partial charge in [-0.05, 0) is 30.4 Å². The van der Waals surface area contributed by atoms with Gasteiger partial charge < -0.3 is 4.98 Å². The van der Waals surface area contributed by atoms with Gasteiger partial charge in [0.25, 0.3) is 0 Å². The number of H-pyrrole nitrogens is 1. The Morgan fingerprint density at radius 1 is 1.18 bits per heavy atom. The molecular weight excluding hydrogens is 210 g/mol. The maximum absolute atomic E-state index is 4.48. The summed E-state index contributed by atoms with van der Waals surface area (Å²) in [4.78, 5) is 12.2. The van der Waals surface area contributed by atoms with Gasteiger partial charge in [0.15, 0.2) is 0 Å². The Morgan fingerprint density at radius 3 is 2.76 bits per heavy atom. The summed E-state index contributed by atoms with van der Waals surface area (Å²) in [6.45, 7) is 6.30. The monoisotopic (exact) mass is 225 g/mol. The minimum absolute atomic E-state index is 0.502. The number of aromatic nitrogens is 3. The average Bonchev–Trinajstić information content (AvgIpc) is 2.69. The van der Waals surface area contributed by atoms with Crippen LogP contribution >= 0.6 is 0 Å². The van der Waals surface area contributed by atoms with Crippen molar-refractivity contribution in [1.82, 2.24) is 15.0 Å². The molecule has 0 amide bonds. The van der Waals surface area contributed by atoms with Gasteiger partial charge in [0, 0.05) is 17.3 Å². The standard InChI is InChI=1S/C14H15N3/c1-8(2)13-6-10-4-5-12-14(11(10)7-15-13)17-9(3)16-12/h4-8,15H,1-3H3. The maximum atomic E-state index is 4.48. The lowest BCUT2D eigenvalue weighted by Crippen LogP contribution is -1.91. The number of rotatable bonds is 1. The summed E-state index contributed by atoms with van der Waals surface area (Å²) in [5, 5.41) is 2.37. The third-order valence-electron chi connectivity index (χ3n) is 3.10. The fraction of sp³-hybridized carbons (Fsp3) is 0.286. The van der Waals surface area contributed by atoms with E-state index in [4.69, 9.17) is 0 Å². The summed E-state index contributed by atoms with van der Waals surface area (Å²) in [6.07, 6.45) is 2.04. The molecule has 17 heavy (non-hydrogen) atoms. The second-order valence-electron chi connectivity index (χ2n) is 4.75. The number of benzene rings is 1. The molecule has 0 spiro atoms. The molecule has 2 heterocycles. The lowest BCUT2D eigenvalue weighted by Gasteiger charge is -2.07. The van der Waals surface area contributed by atoms with Crippen LogP contribution in [0.1, 0.15) is 31.3 Å². The number of aromatic amines is 1. The molecule has 0 fully saturated rings. The zero-order valence-electron chi connectivity index (χ0n) is 10.3. The fourth-order valence-corrected chi connectivity index (χ4v) is 2.16. The van der Waals surface area contributed by atoms with Crippen molar-refractivity contribution in [3.05, 3.63) is 35.9 Å². The molecule has 0 bridgehead atoms. The highest BCUT2D eigenvalue weighted by atomic mass is 14.9. The molecular formula is C14H15N3. The molecule has 3 rings (SSSR count). The number of nitrogens with zero attached hydrogens (tertiary/aromatic N) is 2. The largest absolute Gasteiger partial charge is 0.364 e. The van der Waals surface area contributed by atoms with Crippen LogP contribution in [0.3, 0.4) is 0 Å². The van der Waals surface area contributed by atoms with Gasteiger partial charge in [-0.3, -0.25) is 0 Å². The van der Waals surface area contributed by atoms with Crippen molar-refractivity contribution < 1.29 is 0 Å². The molecule has 0 aliphatic rings. The second-order valence-corrected chi connectivity index (χ2v) is 4.75. The molecule has 0 saturated heterocycles. The van der Waals surface area contributed by atoms with Crippen molar-refractivity contribution in [3.8, 4) is 0 Å². The molecule has 0 atom stereocenters. The number of fused-ring (bicyclic) bond motifs is 3. The number of pyridine rings is 1. The third-order valence-corrected chi connectivity index (χ3v) is 3.10. The number of hydrogen-bond acceptors (Lipinski definition) is 2. The van der Waals surface area contributed by atoms with E-state index in [0.717, 1.165) is 22.2 Å². The first-order valence-corrected chi connectivity index (χ1v) is 5.90. The van der Waals surface area contributed by atoms with Gasteiger partial charge in [0.05, 0.1) is 5.52 Å². The van der Waals surface area contributed by atoms with Crippen molar-refractivity contribution in [2.45, 2.75) is 26.7 Å². The Labute approximate surface area is 99.9 Å². The van der Waals surface area contributed by atoms with Crippen LogP contribution in [0.5, 0.6) is 0 Å². The number of hydrogen-bond donors (Lipinski definition) is 1. The van der Waals surface area contributed by atoms with Gasteiger partial charge in [-0.1, -0.05) is 19.9 Å². The summed E-state index contributed by atoms with van der Waals surface area (Å²) in [6, 6.07) is 6.36. The van der Waals surface area contributed by atoms with Crippen molar-refractivity contribution in [3.63, 3.8) is 0 Å². The molecule has 0 unspecified atom stereocenters. The van der Waals surface area contributed by atoms with E-state index in [0.29, 0.717) is 5.92 Å². The Kier molecular flexibility index (Phi) is 2.15. The summed E-state index contributed by atoms with van der Waals surface area (Å²) < 4.78 is 0.